The number of nitrogens with one attached hydrogen (secondary N) is 1. The van der Waals surface area contributed by atoms with E-state index in [1.807, 2.05) is 0 Å². The summed E-state index contributed by atoms with van der Waals surface area (Å²) in [5.74, 6) is 0. The number of hydrogen-bond acceptors (Lipinski definition) is 19. The van der Waals surface area contributed by atoms with Crippen LogP contribution in [0, 0.1) is 44.1 Å². The fraction of sp³-hybridized carbons (Fsp3) is 0.926. The first-order valence-electron chi connectivity index (χ1n) is 15.1. The second-order valence-corrected chi connectivity index (χ2v) is 11.8. The quantitative estimate of drug-likeness (QED) is 0.0811. The van der Waals surface area contributed by atoms with Gasteiger partial charge in [0.15, 0.2) is 18.9 Å². The molecule has 0 aromatic heterocycles. The molecular formula is C27H46AcNO19-. The van der Waals surface area contributed by atoms with Gasteiger partial charge in [0, 0.05) is 44.1 Å². The Bertz CT molecular complexity index is 991. The van der Waals surface area contributed by atoms with E-state index in [9.17, 15) is 56.2 Å². The number of aliphatic hydroxyl groups excluding tert-OH is 11. The van der Waals surface area contributed by atoms with E-state index in [0.29, 0.717) is 0 Å². The van der Waals surface area contributed by atoms with Gasteiger partial charge < -0.3 is 99.8 Å². The zero-order chi connectivity index (χ0) is 34.7. The van der Waals surface area contributed by atoms with Crippen molar-refractivity contribution in [2.75, 3.05) is 26.4 Å². The number of aliphatic hydroxyl groups is 11. The smallest absolute Gasteiger partial charge is 0.187 e. The Balaban J connectivity index is 0.00000625. The van der Waals surface area contributed by atoms with E-state index in [0.717, 1.165) is 0 Å². The first kappa shape index (κ1) is 42.8. The fourth-order valence-corrected chi connectivity index (χ4v) is 5.76. The maximum absolute atomic E-state index is 11.0. The Morgan fingerprint density at radius 2 is 1.06 bits per heavy atom. The molecule has 0 amide bonds. The predicted molar refractivity (Wildman–Crippen MR) is 149 cm³/mol. The standard InChI is InChI=1S/C27H46NO19.Ac/c1-3-4-40-25-20(39)22(16(35)11(7-31)43-25)46-24-12(28)21(15(34)10(6-30)42-24)45-27-23(18(37)14(33)9(5-29)44-27)47-26-19(38)17(36)13(32)8(2)41-26;/h3,8-39H,1,4-7H2,2H3;/q-1;/t8?,9?,10?,11?,12?,13-,14+,15+,16+,17?,18?,19?,20?,21?,22?,23?,24+,25-,26+,27+;/m1./s1. The molecule has 48 heavy (non-hydrogen) atoms. The molecule has 4 aliphatic rings. The van der Waals surface area contributed by atoms with Gasteiger partial charge in [-0.3, -0.25) is 0 Å². The normalized spacial score (nSPS) is 50.0. The average Bonchev–Trinajstić information content (AvgIpc) is 3.06. The average molecular weight is 916 g/mol. The Hall–Kier alpha value is 0.382. The summed E-state index contributed by atoms with van der Waals surface area (Å²) in [7, 11) is 0. The van der Waals surface area contributed by atoms with E-state index in [1.165, 1.54) is 13.0 Å². The van der Waals surface area contributed by atoms with Crippen LogP contribution in [0.3, 0.4) is 0 Å². The van der Waals surface area contributed by atoms with Crippen LogP contribution in [0.15, 0.2) is 12.7 Å². The van der Waals surface area contributed by atoms with Crippen molar-refractivity contribution in [2.24, 2.45) is 0 Å². The molecule has 20 atom stereocenters. The van der Waals surface area contributed by atoms with E-state index >= 15 is 0 Å². The Labute approximate surface area is 311 Å². The van der Waals surface area contributed by atoms with Crippen molar-refractivity contribution in [3.63, 3.8) is 0 Å². The van der Waals surface area contributed by atoms with E-state index < -0.39 is 143 Å². The zero-order valence-electron chi connectivity index (χ0n) is 25.9. The molecule has 1 radical (unpaired) electrons. The molecule has 12 N–H and O–H groups in total. The zero-order valence-corrected chi connectivity index (χ0v) is 30.7. The van der Waals surface area contributed by atoms with Crippen molar-refractivity contribution in [1.29, 1.82) is 0 Å². The molecule has 277 valence electrons. The summed E-state index contributed by atoms with van der Waals surface area (Å²) in [6, 6.07) is -1.76. The number of hydrogen-bond donors (Lipinski definition) is 11. The molecule has 12 unspecified atom stereocenters. The molecule has 0 aliphatic carbocycles. The molecule has 0 spiro atoms. The Morgan fingerprint density at radius 1 is 0.562 bits per heavy atom. The molecule has 4 aliphatic heterocycles. The van der Waals surface area contributed by atoms with Gasteiger partial charge in [0.05, 0.1) is 38.6 Å². The third kappa shape index (κ3) is 9.11. The minimum Gasteiger partial charge on any atom is -0.668 e. The minimum absolute atomic E-state index is 0. The molecule has 4 rings (SSSR count). The van der Waals surface area contributed by atoms with Gasteiger partial charge in [-0.1, -0.05) is 12.1 Å². The van der Waals surface area contributed by atoms with Crippen LogP contribution in [0.5, 0.6) is 0 Å². The summed E-state index contributed by atoms with van der Waals surface area (Å²) < 4.78 is 44.7. The summed E-state index contributed by atoms with van der Waals surface area (Å²) in [4.78, 5) is 0. The first-order chi connectivity index (χ1) is 22.3. The van der Waals surface area contributed by atoms with Crippen LogP contribution < -0.4 is 0 Å². The first-order valence-corrected chi connectivity index (χ1v) is 15.1. The van der Waals surface area contributed by atoms with Gasteiger partial charge in [-0.15, -0.1) is 6.58 Å². The largest absolute Gasteiger partial charge is 0.668 e. The van der Waals surface area contributed by atoms with Crippen LogP contribution in [0.25, 0.3) is 5.73 Å². The van der Waals surface area contributed by atoms with Crippen molar-refractivity contribution < 1.29 is 138 Å². The Morgan fingerprint density at radius 3 is 1.65 bits per heavy atom. The summed E-state index contributed by atoms with van der Waals surface area (Å²) in [5, 5.41) is 114. The molecular weight excluding hydrogens is 869 g/mol. The van der Waals surface area contributed by atoms with Crippen LogP contribution >= 0.6 is 0 Å². The van der Waals surface area contributed by atoms with E-state index in [4.69, 9.17) is 43.6 Å². The number of rotatable bonds is 12. The van der Waals surface area contributed by atoms with Crippen LogP contribution in [0.4, 0.5) is 0 Å². The van der Waals surface area contributed by atoms with Gasteiger partial charge in [0.1, 0.15) is 85.6 Å². The summed E-state index contributed by atoms with van der Waals surface area (Å²) in [6.45, 7) is 2.40. The third-order valence-corrected chi connectivity index (χ3v) is 8.56. The molecule has 4 saturated heterocycles. The van der Waals surface area contributed by atoms with Crippen LogP contribution in [-0.2, 0) is 37.9 Å². The van der Waals surface area contributed by atoms with Gasteiger partial charge in [0.25, 0.3) is 0 Å². The molecule has 0 aromatic carbocycles. The maximum Gasteiger partial charge on any atom is 0.187 e. The summed E-state index contributed by atoms with van der Waals surface area (Å²) >= 11 is 0. The third-order valence-electron chi connectivity index (χ3n) is 8.56. The van der Waals surface area contributed by atoms with E-state index in [1.54, 1.807) is 0 Å². The second kappa shape index (κ2) is 18.9. The molecule has 20 nitrogen and oxygen atoms in total. The summed E-state index contributed by atoms with van der Waals surface area (Å²) in [6.07, 6.45) is -29.7. The molecule has 4 heterocycles. The van der Waals surface area contributed by atoms with E-state index in [2.05, 4.69) is 6.58 Å². The molecule has 21 heteroatoms. The monoisotopic (exact) mass is 915 g/mol. The van der Waals surface area contributed by atoms with Gasteiger partial charge >= 0.3 is 0 Å². The van der Waals surface area contributed by atoms with Crippen LogP contribution in [0.2, 0.25) is 0 Å². The van der Waals surface area contributed by atoms with Crippen molar-refractivity contribution >= 4 is 0 Å². The van der Waals surface area contributed by atoms with Gasteiger partial charge in [0.2, 0.25) is 0 Å². The van der Waals surface area contributed by atoms with Gasteiger partial charge in [-0.05, 0) is 6.92 Å². The molecule has 4 fully saturated rings. The molecule has 0 aromatic rings. The minimum atomic E-state index is -1.90. The topological polar surface area (TPSA) is 320 Å². The predicted octanol–water partition coefficient (Wildman–Crippen LogP) is -6.45. The van der Waals surface area contributed by atoms with E-state index in [-0.39, 0.29) is 50.7 Å². The Kier molecular flexibility index (Phi) is 16.9. The second-order valence-electron chi connectivity index (χ2n) is 11.8. The van der Waals surface area contributed by atoms with Crippen molar-refractivity contribution in [2.45, 2.75) is 130 Å². The van der Waals surface area contributed by atoms with Crippen molar-refractivity contribution in [3.05, 3.63) is 18.4 Å². The number of ether oxygens (including phenoxy) is 8. The van der Waals surface area contributed by atoms with Crippen molar-refractivity contribution in [1.82, 2.24) is 0 Å². The molecule has 0 saturated carbocycles. The summed E-state index contributed by atoms with van der Waals surface area (Å²) in [5.41, 5.74) is 8.83. The fourth-order valence-electron chi connectivity index (χ4n) is 5.76. The van der Waals surface area contributed by atoms with Gasteiger partial charge in [-0.2, -0.15) is 0 Å². The van der Waals surface area contributed by atoms with Gasteiger partial charge in [-0.25, -0.2) is 0 Å². The van der Waals surface area contributed by atoms with Crippen molar-refractivity contribution in [3.8, 4) is 0 Å². The molecule has 0 bridgehead atoms. The maximum atomic E-state index is 11.0. The SMILES string of the molecule is C=CCO[C@@H]1OC(CO)[C@H](O)C(O[C@@H]2OC(CO)[C@H](O)C(O[C@@H]3OC(CO)[C@H](O)C(O)C3O[C@@H]3OC(C)[C@@H](O)C(O)C3O)C2[NH-])C1O.[Ac]. The van der Waals surface area contributed by atoms with Crippen LogP contribution in [-0.4, -0.2) is 205 Å². The van der Waals surface area contributed by atoms with Crippen LogP contribution in [0.1, 0.15) is 6.92 Å².